The number of hydrogen-bond acceptors (Lipinski definition) is 7. The van der Waals surface area contributed by atoms with Gasteiger partial charge in [0.2, 0.25) is 11.8 Å². The van der Waals surface area contributed by atoms with Crippen molar-refractivity contribution in [1.82, 2.24) is 15.5 Å². The number of alkyl carbamates (subject to hydrolysis) is 1. The Bertz CT molecular complexity index is 1600. The van der Waals surface area contributed by atoms with Crippen LogP contribution < -0.4 is 10.6 Å². The number of hydrogen-bond donors (Lipinski definition) is 3. The van der Waals surface area contributed by atoms with Crippen LogP contribution in [-0.4, -0.2) is 63.2 Å². The van der Waals surface area contributed by atoms with Crippen LogP contribution >= 0.6 is 0 Å². The number of rotatable bonds is 13. The largest absolute Gasteiger partial charge is 0.508 e. The summed E-state index contributed by atoms with van der Waals surface area (Å²) in [5.41, 5.74) is 0.881. The predicted octanol–water partition coefficient (Wildman–Crippen LogP) is 6.57. The second kappa shape index (κ2) is 17.2. The number of benzene rings is 3. The zero-order valence-corrected chi connectivity index (χ0v) is 30.8. The monoisotopic (exact) mass is 687 g/mol. The highest BCUT2D eigenvalue weighted by Crippen LogP contribution is 2.30. The van der Waals surface area contributed by atoms with Gasteiger partial charge in [-0.2, -0.15) is 0 Å². The quantitative estimate of drug-likeness (QED) is 0.173. The summed E-state index contributed by atoms with van der Waals surface area (Å²) < 4.78 is 11.3. The fourth-order valence-corrected chi connectivity index (χ4v) is 5.43. The van der Waals surface area contributed by atoms with Crippen LogP contribution in [0.15, 0.2) is 78.9 Å². The number of aryl methyl sites for hydroxylation is 1. The zero-order chi connectivity index (χ0) is 37.2. The van der Waals surface area contributed by atoms with Crippen molar-refractivity contribution in [1.29, 1.82) is 0 Å². The Labute approximate surface area is 296 Å². The molecule has 10 heteroatoms. The molecule has 3 N–H and O–H groups in total. The Kier molecular flexibility index (Phi) is 13.6. The Morgan fingerprint density at radius 2 is 1.28 bits per heavy atom. The van der Waals surface area contributed by atoms with Crippen molar-refractivity contribution in [2.24, 2.45) is 0 Å². The van der Waals surface area contributed by atoms with Crippen molar-refractivity contribution in [3.63, 3.8) is 0 Å². The third-order valence-corrected chi connectivity index (χ3v) is 7.95. The molecular formula is C40H53N3O7. The van der Waals surface area contributed by atoms with E-state index >= 15 is 0 Å². The molecule has 270 valence electrons. The summed E-state index contributed by atoms with van der Waals surface area (Å²) in [6.07, 6.45) is -0.0261. The van der Waals surface area contributed by atoms with E-state index in [2.05, 4.69) is 10.6 Å². The van der Waals surface area contributed by atoms with Crippen LogP contribution in [0.2, 0.25) is 0 Å². The fourth-order valence-electron chi connectivity index (χ4n) is 5.43. The van der Waals surface area contributed by atoms with Gasteiger partial charge in [-0.25, -0.2) is 9.59 Å². The molecule has 0 saturated carbocycles. The lowest BCUT2D eigenvalue weighted by molar-refractivity contribution is -0.159. The minimum absolute atomic E-state index is 0.0265. The third-order valence-electron chi connectivity index (χ3n) is 7.95. The Balaban J connectivity index is 2.15. The Morgan fingerprint density at radius 1 is 0.760 bits per heavy atom. The van der Waals surface area contributed by atoms with Gasteiger partial charge in [-0.05, 0) is 96.2 Å². The number of amides is 3. The number of phenolic OH excluding ortho intramolecular Hbond substituents is 1. The van der Waals surface area contributed by atoms with Gasteiger partial charge in [0.25, 0.3) is 0 Å². The second-order valence-electron chi connectivity index (χ2n) is 14.6. The molecule has 0 fully saturated rings. The molecule has 3 rings (SSSR count). The maximum atomic E-state index is 14.9. The average Bonchev–Trinajstić information content (AvgIpc) is 3.03. The first-order chi connectivity index (χ1) is 23.4. The van der Waals surface area contributed by atoms with E-state index in [1.54, 1.807) is 60.6 Å². The van der Waals surface area contributed by atoms with E-state index in [-0.39, 0.29) is 18.6 Å². The topological polar surface area (TPSA) is 134 Å². The van der Waals surface area contributed by atoms with Crippen LogP contribution in [-0.2, 0) is 36.7 Å². The molecule has 4 atom stereocenters. The summed E-state index contributed by atoms with van der Waals surface area (Å²) in [5.74, 6) is -1.73. The third kappa shape index (κ3) is 11.9. The highest BCUT2D eigenvalue weighted by Gasteiger charge is 2.40. The maximum Gasteiger partial charge on any atom is 0.408 e. The molecule has 0 bridgehead atoms. The number of carbonyl (C=O) groups is 4. The summed E-state index contributed by atoms with van der Waals surface area (Å²) in [6.45, 7) is 15.9. The summed E-state index contributed by atoms with van der Waals surface area (Å²) in [6, 6.07) is 19.3. The first kappa shape index (κ1) is 39.6. The highest BCUT2D eigenvalue weighted by molar-refractivity contribution is 5.94. The number of esters is 1. The lowest BCUT2D eigenvalue weighted by atomic mass is 9.96. The molecule has 0 aliphatic carbocycles. The number of carbonyl (C=O) groups excluding carboxylic acids is 4. The van der Waals surface area contributed by atoms with E-state index in [1.807, 2.05) is 74.5 Å². The number of phenols is 1. The molecule has 4 unspecified atom stereocenters. The van der Waals surface area contributed by atoms with Gasteiger partial charge in [-0.15, -0.1) is 0 Å². The van der Waals surface area contributed by atoms with E-state index in [9.17, 15) is 24.3 Å². The van der Waals surface area contributed by atoms with Crippen LogP contribution in [0.3, 0.4) is 0 Å². The normalized spacial score (nSPS) is 14.0. The summed E-state index contributed by atoms with van der Waals surface area (Å²) in [4.78, 5) is 57.7. The first-order valence-corrected chi connectivity index (χ1v) is 17.1. The van der Waals surface area contributed by atoms with E-state index in [0.717, 1.165) is 11.1 Å². The number of nitrogens with one attached hydrogen (secondary N) is 2. The predicted molar refractivity (Wildman–Crippen MR) is 193 cm³/mol. The van der Waals surface area contributed by atoms with Crippen molar-refractivity contribution < 1.29 is 33.8 Å². The molecule has 0 heterocycles. The average molecular weight is 688 g/mol. The smallest absolute Gasteiger partial charge is 0.408 e. The molecule has 0 radical (unpaired) electrons. The number of nitrogens with zero attached hydrogens (tertiary/aromatic N) is 1. The molecular weight excluding hydrogens is 634 g/mol. The summed E-state index contributed by atoms with van der Waals surface area (Å²) in [7, 11) is 0. The van der Waals surface area contributed by atoms with Crippen molar-refractivity contribution in [2.75, 3.05) is 0 Å². The molecule has 0 aromatic heterocycles. The van der Waals surface area contributed by atoms with Gasteiger partial charge < -0.3 is 30.1 Å². The van der Waals surface area contributed by atoms with Crippen LogP contribution in [0.4, 0.5) is 4.79 Å². The molecule has 0 spiro atoms. The minimum Gasteiger partial charge on any atom is -0.508 e. The van der Waals surface area contributed by atoms with Crippen LogP contribution in [0.5, 0.6) is 5.75 Å². The molecule has 10 nitrogen and oxygen atoms in total. The molecule has 0 saturated heterocycles. The number of aromatic hydroxyl groups is 1. The van der Waals surface area contributed by atoms with Gasteiger partial charge in [0.05, 0.1) is 0 Å². The van der Waals surface area contributed by atoms with Crippen molar-refractivity contribution in [2.45, 2.75) is 117 Å². The summed E-state index contributed by atoms with van der Waals surface area (Å²) in [5, 5.41) is 16.1. The maximum absolute atomic E-state index is 14.9. The van der Waals surface area contributed by atoms with Crippen LogP contribution in [0, 0.1) is 6.92 Å². The van der Waals surface area contributed by atoms with Crippen LogP contribution in [0.1, 0.15) is 90.1 Å². The van der Waals surface area contributed by atoms with Gasteiger partial charge in [-0.3, -0.25) is 9.59 Å². The lowest BCUT2D eigenvalue weighted by Crippen LogP contribution is -2.57. The Morgan fingerprint density at radius 3 is 1.76 bits per heavy atom. The zero-order valence-electron chi connectivity index (χ0n) is 30.8. The van der Waals surface area contributed by atoms with Gasteiger partial charge in [0.15, 0.2) is 0 Å². The standard InChI is InChI=1S/C40H53N3O7/c1-10-27(3)43(36(46)31(24-28-17-13-11-14-18-28)42-38(48)50-40(7,8)9)34(30-21-22-33(44)26(2)23-30)35(45)41-32(37(47)49-39(4,5)6)25-29-19-15-12-16-20-29/h11-23,27,31-32,34,44H,10,24-25H2,1-9H3,(H,41,45)(H,42,48). The molecule has 3 amide bonds. The van der Waals surface area contributed by atoms with E-state index in [1.165, 1.54) is 11.0 Å². The minimum atomic E-state index is -1.25. The lowest BCUT2D eigenvalue weighted by Gasteiger charge is -2.39. The molecule has 3 aromatic rings. The molecule has 0 aliphatic rings. The Hall–Kier alpha value is -4.86. The van der Waals surface area contributed by atoms with Gasteiger partial charge in [0.1, 0.15) is 35.1 Å². The van der Waals surface area contributed by atoms with Crippen molar-refractivity contribution >= 4 is 23.9 Å². The summed E-state index contributed by atoms with van der Waals surface area (Å²) >= 11 is 0. The van der Waals surface area contributed by atoms with E-state index < -0.39 is 59.2 Å². The van der Waals surface area contributed by atoms with Crippen molar-refractivity contribution in [3.8, 4) is 5.75 Å². The van der Waals surface area contributed by atoms with E-state index in [4.69, 9.17) is 9.47 Å². The molecule has 50 heavy (non-hydrogen) atoms. The van der Waals surface area contributed by atoms with E-state index in [0.29, 0.717) is 17.5 Å². The van der Waals surface area contributed by atoms with Gasteiger partial charge in [0, 0.05) is 18.9 Å². The molecule has 0 aliphatic heterocycles. The van der Waals surface area contributed by atoms with Crippen LogP contribution in [0.25, 0.3) is 0 Å². The van der Waals surface area contributed by atoms with Crippen molar-refractivity contribution in [3.05, 3.63) is 101 Å². The molecule has 3 aromatic carbocycles. The number of ether oxygens (including phenoxy) is 2. The first-order valence-electron chi connectivity index (χ1n) is 17.1. The highest BCUT2D eigenvalue weighted by atomic mass is 16.6. The SMILES string of the molecule is CCC(C)N(C(=O)C(Cc1ccccc1)NC(=O)OC(C)(C)C)C(C(=O)NC(Cc1ccccc1)C(=O)OC(C)(C)C)c1ccc(O)c(C)c1. The van der Waals surface area contributed by atoms with Gasteiger partial charge >= 0.3 is 12.1 Å². The second-order valence-corrected chi connectivity index (χ2v) is 14.6. The van der Waals surface area contributed by atoms with Gasteiger partial charge in [-0.1, -0.05) is 73.7 Å². The fraction of sp³-hybridized carbons (Fsp3) is 0.450.